The number of phenolic OH excluding ortho intramolecular Hbond substituents is 1. The molecule has 0 aliphatic carbocycles. The summed E-state index contributed by atoms with van der Waals surface area (Å²) in [7, 11) is 1.55. The number of amides is 8. The molecule has 0 bridgehead atoms. The minimum Gasteiger partial charge on any atom is -0.508 e. The van der Waals surface area contributed by atoms with E-state index in [0.29, 0.717) is 48.2 Å². The monoisotopic (exact) mass is 1200 g/mol. The van der Waals surface area contributed by atoms with Gasteiger partial charge in [-0.2, -0.15) is 0 Å². The molecule has 0 radical (unpaired) electrons. The van der Waals surface area contributed by atoms with Crippen molar-refractivity contribution in [3.05, 3.63) is 132 Å². The number of aliphatic hydroxyl groups is 1. The first kappa shape index (κ1) is 65.1. The fourth-order valence-corrected chi connectivity index (χ4v) is 10.7. The maximum atomic E-state index is 15.0. The topological polar surface area (TPSA) is 370 Å². The van der Waals surface area contributed by atoms with Gasteiger partial charge in [-0.3, -0.25) is 43.3 Å². The highest BCUT2D eigenvalue weighted by Gasteiger charge is 2.39. The molecule has 8 amide bonds. The highest BCUT2D eigenvalue weighted by atomic mass is 16.5. The number of H-pyrrole nitrogens is 2. The zero-order valence-electron chi connectivity index (χ0n) is 49.5. The molecule has 1 fully saturated rings. The lowest BCUT2D eigenvalue weighted by atomic mass is 9.99. The first-order valence-corrected chi connectivity index (χ1v) is 29.4. The maximum Gasteiger partial charge on any atom is 0.245 e. The predicted molar refractivity (Wildman–Crippen MR) is 329 cm³/mol. The first-order chi connectivity index (χ1) is 41.8. The van der Waals surface area contributed by atoms with E-state index in [-0.39, 0.29) is 81.6 Å². The van der Waals surface area contributed by atoms with Gasteiger partial charge >= 0.3 is 0 Å². The molecule has 0 unspecified atom stereocenters. The van der Waals surface area contributed by atoms with Gasteiger partial charge < -0.3 is 78.5 Å². The van der Waals surface area contributed by atoms with Gasteiger partial charge in [-0.1, -0.05) is 74.5 Å². The van der Waals surface area contributed by atoms with E-state index in [1.165, 1.54) is 29.2 Å². The van der Waals surface area contributed by atoms with Crippen LogP contribution in [0.2, 0.25) is 0 Å². The van der Waals surface area contributed by atoms with Crippen LogP contribution >= 0.6 is 0 Å². The van der Waals surface area contributed by atoms with Crippen molar-refractivity contribution in [2.75, 3.05) is 33.4 Å². The van der Waals surface area contributed by atoms with Gasteiger partial charge in [-0.15, -0.1) is 0 Å². The third kappa shape index (κ3) is 18.5. The van der Waals surface area contributed by atoms with Gasteiger partial charge in [0.05, 0.1) is 13.7 Å². The zero-order chi connectivity index (χ0) is 62.6. The van der Waals surface area contributed by atoms with Crippen LogP contribution in [0.25, 0.3) is 21.8 Å². The number of aromatic hydroxyl groups is 1. The number of benzene rings is 4. The summed E-state index contributed by atoms with van der Waals surface area (Å²) in [6.07, 6.45) is 4.88. The molecule has 24 nitrogen and oxygen atoms in total. The minimum atomic E-state index is -1.66. The van der Waals surface area contributed by atoms with Crippen LogP contribution in [0.1, 0.15) is 81.5 Å². The number of nitrogens with zero attached hydrogens (tertiary/aromatic N) is 2. The number of aryl methyl sites for hydroxylation is 1. The summed E-state index contributed by atoms with van der Waals surface area (Å²) < 4.78 is 5.26. The third-order valence-electron chi connectivity index (χ3n) is 15.2. The number of phenols is 1. The lowest BCUT2D eigenvalue weighted by Gasteiger charge is -2.30. The molecule has 464 valence electrons. The second-order valence-electron chi connectivity index (χ2n) is 22.1. The van der Waals surface area contributed by atoms with Crippen LogP contribution in [0.5, 0.6) is 11.5 Å². The van der Waals surface area contributed by atoms with Gasteiger partial charge in [0.2, 0.25) is 47.3 Å². The van der Waals surface area contributed by atoms with Crippen molar-refractivity contribution in [3.63, 3.8) is 0 Å². The lowest BCUT2D eigenvalue weighted by Crippen LogP contribution is -2.61. The molecule has 6 aromatic rings. The van der Waals surface area contributed by atoms with Gasteiger partial charge in [0, 0.05) is 79.5 Å². The number of fused-ring (bicyclic) bond motifs is 2. The number of rotatable bonds is 31. The summed E-state index contributed by atoms with van der Waals surface area (Å²) in [5, 5.41) is 41.9. The summed E-state index contributed by atoms with van der Waals surface area (Å²) >= 11 is 0. The molecule has 7 atom stereocenters. The molecule has 0 spiro atoms. The van der Waals surface area contributed by atoms with E-state index in [4.69, 9.17) is 16.2 Å². The van der Waals surface area contributed by atoms with Crippen molar-refractivity contribution in [1.29, 1.82) is 0 Å². The van der Waals surface area contributed by atoms with Crippen LogP contribution in [-0.4, -0.2) is 154 Å². The Kier molecular flexibility index (Phi) is 23.7. The summed E-state index contributed by atoms with van der Waals surface area (Å²) in [6.45, 7) is 5.33. The second kappa shape index (κ2) is 31.6. The average molecular weight is 1200 g/mol. The van der Waals surface area contributed by atoms with Crippen molar-refractivity contribution in [2.24, 2.45) is 22.4 Å². The largest absolute Gasteiger partial charge is 0.508 e. The minimum absolute atomic E-state index is 0.00697. The first-order valence-electron chi connectivity index (χ1n) is 29.4. The maximum absolute atomic E-state index is 15.0. The second-order valence-corrected chi connectivity index (χ2v) is 22.1. The average Bonchev–Trinajstić information content (AvgIpc) is 4.51. The number of hydrogen-bond donors (Lipinski definition) is 13. The Morgan fingerprint density at radius 1 is 0.667 bits per heavy atom. The fraction of sp³-hybridized carbons (Fsp3) is 0.413. The molecule has 2 aromatic heterocycles. The molecule has 1 saturated heterocycles. The molecular weight excluding hydrogens is 1110 g/mol. The summed E-state index contributed by atoms with van der Waals surface area (Å²) in [5.74, 6) is -5.15. The number of carbonyl (C=O) groups is 8. The molecule has 87 heavy (non-hydrogen) atoms. The summed E-state index contributed by atoms with van der Waals surface area (Å²) in [6, 6.07) is 18.8. The molecule has 1 aliphatic rings. The van der Waals surface area contributed by atoms with Crippen molar-refractivity contribution >= 4 is 75.0 Å². The number of hydrogen-bond acceptors (Lipinski definition) is 12. The van der Waals surface area contributed by atoms with E-state index >= 15 is 0 Å². The Labute approximate surface area is 504 Å². The van der Waals surface area contributed by atoms with Crippen LogP contribution in [0, 0.1) is 5.92 Å². The summed E-state index contributed by atoms with van der Waals surface area (Å²) in [4.78, 5) is 126. The fourth-order valence-electron chi connectivity index (χ4n) is 10.7. The Hall–Kier alpha value is -9.45. The van der Waals surface area contributed by atoms with E-state index in [2.05, 4.69) is 52.2 Å². The molecular formula is C63H81N13O11. The van der Waals surface area contributed by atoms with Crippen molar-refractivity contribution in [2.45, 2.75) is 127 Å². The molecule has 7 rings (SSSR count). The number of likely N-dealkylation sites (N-methyl/N-ethyl adjacent to an activating group) is 1. The number of carbonyl (C=O) groups excluding carboxylic acids is 8. The normalized spacial score (nSPS) is 15.1. The highest BCUT2D eigenvalue weighted by Crippen LogP contribution is 2.24. The Morgan fingerprint density at radius 2 is 1.18 bits per heavy atom. The standard InChI is InChI=1S/C63H81N13O11/c1-5-66-61(85)54-17-11-29-76(54)62(86)48(16-10-28-67-63(64)65)71-56(80)49(30-37(2)3)72-59(83)52(33-41-35-69-47-15-9-7-13-45(41)47)74-57(81)50(31-39-18-23-42(78)24-19-39)73-60(84)53(36-77)75-58(82)51(32-40-34-68-46-14-8-6-12-44(40)46)70-55(79)27-22-38-20-25-43(87-4)26-21-38/h6-9,12-15,18-21,23-26,34-35,37,48-54,68-69,77-78H,5,10-11,16-17,22,27-33,36H2,1-4H3,(H,66,85)(H,70,79)(H,71,80)(H,72,83)(H,73,84)(H,74,81)(H,75,82)(H4,64,65,67)/t48-,49-,50-,51-,52+,53-,54+/m0/s1. The van der Waals surface area contributed by atoms with Gasteiger partial charge in [0.1, 0.15) is 53.8 Å². The van der Waals surface area contributed by atoms with Crippen LogP contribution in [0.3, 0.4) is 0 Å². The van der Waals surface area contributed by atoms with Crippen molar-refractivity contribution in [1.82, 2.24) is 52.1 Å². The van der Waals surface area contributed by atoms with E-state index in [1.54, 1.807) is 38.6 Å². The Bertz CT molecular complexity index is 3360. The molecule has 24 heteroatoms. The van der Waals surface area contributed by atoms with Crippen LogP contribution in [-0.2, 0) is 64.0 Å². The highest BCUT2D eigenvalue weighted by molar-refractivity contribution is 5.99. The van der Waals surface area contributed by atoms with Crippen molar-refractivity contribution < 1.29 is 53.3 Å². The van der Waals surface area contributed by atoms with E-state index in [0.717, 1.165) is 27.4 Å². The number of para-hydroxylation sites is 2. The van der Waals surface area contributed by atoms with Crippen LogP contribution in [0.15, 0.2) is 114 Å². The number of likely N-dealkylation sites (tertiary alicyclic amines) is 1. The number of methoxy groups -OCH3 is 1. The smallest absolute Gasteiger partial charge is 0.245 e. The molecule has 3 heterocycles. The summed E-state index contributed by atoms with van der Waals surface area (Å²) in [5.41, 5.74) is 15.3. The Morgan fingerprint density at radius 3 is 1.75 bits per heavy atom. The SMILES string of the molecule is CCNC(=O)[C@H]1CCCN1C(=O)[C@H](CCCN=C(N)N)NC(=O)[C@H](CC(C)C)NC(=O)[C@@H](Cc1c[nH]c2ccccc12)NC(=O)[C@H](Cc1ccc(O)cc1)NC(=O)[C@H](CO)NC(=O)[C@H](Cc1c[nH]c2ccccc12)NC(=O)CCc1ccc(OC)cc1. The number of nitrogens with one attached hydrogen (secondary N) is 9. The molecule has 4 aromatic carbocycles. The molecule has 1 aliphatic heterocycles. The quantitative estimate of drug-likeness (QED) is 0.0169. The van der Waals surface area contributed by atoms with Gasteiger partial charge in [0.15, 0.2) is 5.96 Å². The van der Waals surface area contributed by atoms with Gasteiger partial charge in [0.25, 0.3) is 0 Å². The third-order valence-corrected chi connectivity index (χ3v) is 15.2. The number of nitrogens with two attached hydrogens (primary N) is 2. The number of aromatic amines is 2. The number of aromatic nitrogens is 2. The number of guanidine groups is 1. The van der Waals surface area contributed by atoms with Crippen LogP contribution < -0.4 is 53.4 Å². The predicted octanol–water partition coefficient (Wildman–Crippen LogP) is 2.15. The van der Waals surface area contributed by atoms with E-state index < -0.39 is 90.3 Å². The zero-order valence-corrected chi connectivity index (χ0v) is 49.5. The lowest BCUT2D eigenvalue weighted by molar-refractivity contribution is -0.142. The number of ether oxygens (including phenoxy) is 1. The Balaban J connectivity index is 1.13. The van der Waals surface area contributed by atoms with E-state index in [9.17, 15) is 48.6 Å². The van der Waals surface area contributed by atoms with Crippen molar-refractivity contribution in [3.8, 4) is 11.5 Å². The van der Waals surface area contributed by atoms with Crippen LogP contribution in [0.4, 0.5) is 0 Å². The molecule has 15 N–H and O–H groups in total. The molecule has 0 saturated carbocycles. The van der Waals surface area contributed by atoms with Gasteiger partial charge in [-0.05, 0) is 110 Å². The number of aliphatic hydroxyl groups excluding tert-OH is 1. The van der Waals surface area contributed by atoms with Gasteiger partial charge in [-0.25, -0.2) is 0 Å². The number of aliphatic imine (C=N–C) groups is 1. The van der Waals surface area contributed by atoms with E-state index in [1.807, 2.05) is 74.5 Å².